The van der Waals surface area contributed by atoms with E-state index in [0.717, 1.165) is 0 Å². The predicted molar refractivity (Wildman–Crippen MR) is 83.3 cm³/mol. The first-order chi connectivity index (χ1) is 9.25. The van der Waals surface area contributed by atoms with Crippen LogP contribution in [0, 0.1) is 0 Å². The van der Waals surface area contributed by atoms with Gasteiger partial charge in [0, 0.05) is 29.5 Å². The van der Waals surface area contributed by atoms with Crippen molar-refractivity contribution in [3.8, 4) is 0 Å². The van der Waals surface area contributed by atoms with Crippen LogP contribution < -0.4 is 5.59 Å². The Labute approximate surface area is 126 Å². The number of pyridine rings is 1. The van der Waals surface area contributed by atoms with Crippen molar-refractivity contribution in [2.24, 2.45) is 0 Å². The summed E-state index contributed by atoms with van der Waals surface area (Å²) in [4.78, 5) is 4.34. The van der Waals surface area contributed by atoms with E-state index in [4.69, 9.17) is 25.6 Å². The third-order valence-corrected chi connectivity index (χ3v) is 2.69. The van der Waals surface area contributed by atoms with Crippen LogP contribution in [-0.4, -0.2) is 30.1 Å². The Morgan fingerprint density at radius 2 is 1.40 bits per heavy atom. The molecule has 0 spiro atoms. The molecule has 0 radical (unpaired) electrons. The van der Waals surface area contributed by atoms with E-state index in [2.05, 4.69) is 4.98 Å². The Balaban J connectivity index is 3.26. The molecule has 0 N–H and O–H groups in total. The molecule has 1 heterocycles. The zero-order valence-electron chi connectivity index (χ0n) is 13.1. The fraction of sp³-hybridized carbons (Fsp3) is 0.643. The van der Waals surface area contributed by atoms with Crippen LogP contribution in [0.15, 0.2) is 18.3 Å². The summed E-state index contributed by atoms with van der Waals surface area (Å²) in [6.07, 6.45) is 1.44. The van der Waals surface area contributed by atoms with E-state index in [1.165, 1.54) is 0 Å². The second kappa shape index (κ2) is 7.41. The molecule has 0 aliphatic carbocycles. The van der Waals surface area contributed by atoms with Crippen molar-refractivity contribution in [1.29, 1.82) is 0 Å². The molecule has 4 nitrogen and oxygen atoms in total. The van der Waals surface area contributed by atoms with Gasteiger partial charge in [-0.25, -0.2) is 0 Å². The lowest BCUT2D eigenvalue weighted by Gasteiger charge is -2.45. The number of hydrogen-bond donors (Lipinski definition) is 0. The number of aromatic nitrogens is 1. The molecule has 0 aromatic carbocycles. The van der Waals surface area contributed by atoms with Crippen LogP contribution >= 0.6 is 11.6 Å². The van der Waals surface area contributed by atoms with Crippen LogP contribution in [0.4, 0.5) is 0 Å². The van der Waals surface area contributed by atoms with Gasteiger partial charge in [-0.05, 0) is 53.2 Å². The maximum atomic E-state index is 6.06. The van der Waals surface area contributed by atoms with Crippen LogP contribution in [0.2, 0.25) is 5.02 Å². The smallest absolute Gasteiger partial charge is 0.428 e. The van der Waals surface area contributed by atoms with Gasteiger partial charge in [0.1, 0.15) is 0 Å². The zero-order valence-corrected chi connectivity index (χ0v) is 13.8. The van der Waals surface area contributed by atoms with Crippen molar-refractivity contribution in [3.05, 3.63) is 23.4 Å². The summed E-state index contributed by atoms with van der Waals surface area (Å²) in [6, 6.07) is 3.45. The molecule has 0 amide bonds. The second-order valence-electron chi connectivity index (χ2n) is 5.60. The highest BCUT2D eigenvalue weighted by atomic mass is 35.5. The summed E-state index contributed by atoms with van der Waals surface area (Å²) >= 11 is 6.06. The van der Waals surface area contributed by atoms with Crippen molar-refractivity contribution >= 4 is 23.9 Å². The molecule has 0 bridgehead atoms. The molecule has 0 fully saturated rings. The van der Waals surface area contributed by atoms with Crippen molar-refractivity contribution < 1.29 is 14.0 Å². The highest BCUT2D eigenvalue weighted by Gasteiger charge is 2.36. The fourth-order valence-electron chi connectivity index (χ4n) is 1.99. The van der Waals surface area contributed by atoms with Gasteiger partial charge in [0.25, 0.3) is 0 Å². The molecule has 1 aromatic heterocycles. The minimum Gasteiger partial charge on any atom is -0.538 e. The molecule has 0 saturated carbocycles. The number of hydrogen-bond acceptors (Lipinski definition) is 4. The Bertz CT molecular complexity index is 400. The number of halogens is 1. The van der Waals surface area contributed by atoms with E-state index in [0.29, 0.717) is 10.6 Å². The van der Waals surface area contributed by atoms with Crippen molar-refractivity contribution in [2.45, 2.75) is 59.9 Å². The first-order valence-corrected chi connectivity index (χ1v) is 7.42. The van der Waals surface area contributed by atoms with Gasteiger partial charge >= 0.3 is 6.75 Å². The Hall–Kier alpha value is -0.615. The minimum absolute atomic E-state index is 0.0618. The average molecular weight is 301 g/mol. The van der Waals surface area contributed by atoms with Crippen molar-refractivity contribution in [3.63, 3.8) is 0 Å². The molecule has 0 atom stereocenters. The van der Waals surface area contributed by atoms with E-state index < -0.39 is 6.75 Å². The largest absolute Gasteiger partial charge is 0.538 e. The molecule has 0 saturated heterocycles. The maximum absolute atomic E-state index is 6.06. The first kappa shape index (κ1) is 17.4. The minimum atomic E-state index is -2.13. The summed E-state index contributed by atoms with van der Waals surface area (Å²) < 4.78 is 18.0. The molecular formula is C14H24BClNO3-. The molecule has 114 valence electrons. The highest BCUT2D eigenvalue weighted by molar-refractivity contribution is 6.74. The van der Waals surface area contributed by atoms with Gasteiger partial charge in [0.15, 0.2) is 0 Å². The van der Waals surface area contributed by atoms with Gasteiger partial charge in [0.05, 0.1) is 0 Å². The summed E-state index contributed by atoms with van der Waals surface area (Å²) in [6.45, 7) is 9.50. The fourth-order valence-corrected chi connectivity index (χ4v) is 2.16. The maximum Gasteiger partial charge on any atom is 0.428 e. The zero-order chi connectivity index (χ0) is 15.3. The van der Waals surface area contributed by atoms with E-state index in [-0.39, 0.29) is 18.3 Å². The SMILES string of the molecule is CC(C)O[B-](OC(C)C)(OC(C)C)c1cc(Cl)ccn1. The summed E-state index contributed by atoms with van der Waals surface area (Å²) in [7, 11) is 0. The van der Waals surface area contributed by atoms with Crippen LogP contribution in [0.1, 0.15) is 41.5 Å². The molecule has 6 heteroatoms. The normalized spacial score (nSPS) is 12.7. The van der Waals surface area contributed by atoms with Gasteiger partial charge in [0.2, 0.25) is 0 Å². The predicted octanol–water partition coefficient (Wildman–Crippen LogP) is 3.16. The Kier molecular flexibility index (Phi) is 6.46. The second-order valence-corrected chi connectivity index (χ2v) is 6.03. The van der Waals surface area contributed by atoms with Crippen molar-refractivity contribution in [1.82, 2.24) is 4.98 Å². The highest BCUT2D eigenvalue weighted by Crippen LogP contribution is 2.18. The molecule has 0 aliphatic rings. The van der Waals surface area contributed by atoms with Gasteiger partial charge < -0.3 is 14.0 Å². The first-order valence-electron chi connectivity index (χ1n) is 7.04. The van der Waals surface area contributed by atoms with Gasteiger partial charge in [-0.1, -0.05) is 17.7 Å². The molecule has 1 rings (SSSR count). The summed E-state index contributed by atoms with van der Waals surface area (Å²) in [5, 5.41) is 0.577. The van der Waals surface area contributed by atoms with Gasteiger partial charge in [-0.2, -0.15) is 0 Å². The monoisotopic (exact) mass is 300 g/mol. The quantitative estimate of drug-likeness (QED) is 0.725. The summed E-state index contributed by atoms with van der Waals surface area (Å²) in [5.41, 5.74) is 0.577. The lowest BCUT2D eigenvalue weighted by molar-refractivity contribution is 0.0146. The topological polar surface area (TPSA) is 40.6 Å². The molecular weight excluding hydrogens is 276 g/mol. The third kappa shape index (κ3) is 5.06. The van der Waals surface area contributed by atoms with Crippen LogP contribution in [0.5, 0.6) is 0 Å². The molecule has 20 heavy (non-hydrogen) atoms. The average Bonchev–Trinajstić information content (AvgIpc) is 2.25. The molecule has 0 unspecified atom stereocenters. The van der Waals surface area contributed by atoms with Crippen LogP contribution in [0.25, 0.3) is 0 Å². The summed E-state index contributed by atoms with van der Waals surface area (Å²) in [5.74, 6) is 0. The Morgan fingerprint density at radius 3 is 1.75 bits per heavy atom. The molecule has 0 aliphatic heterocycles. The van der Waals surface area contributed by atoms with E-state index in [9.17, 15) is 0 Å². The number of rotatable bonds is 7. The van der Waals surface area contributed by atoms with Crippen LogP contribution in [0.3, 0.4) is 0 Å². The number of nitrogens with zero attached hydrogens (tertiary/aromatic N) is 1. The Morgan fingerprint density at radius 1 is 0.950 bits per heavy atom. The lowest BCUT2D eigenvalue weighted by Crippen LogP contribution is -2.61. The van der Waals surface area contributed by atoms with Crippen LogP contribution in [-0.2, 0) is 14.0 Å². The third-order valence-electron chi connectivity index (χ3n) is 2.46. The van der Waals surface area contributed by atoms with E-state index >= 15 is 0 Å². The standard InChI is InChI=1S/C14H24BClNO3/c1-10(2)18-15(19-11(3)4,20-12(5)6)14-9-13(16)7-8-17-14/h7-12H,1-6H3/q-1. The molecule has 1 aromatic rings. The van der Waals surface area contributed by atoms with E-state index in [1.54, 1.807) is 18.3 Å². The van der Waals surface area contributed by atoms with E-state index in [1.807, 2.05) is 41.5 Å². The van der Waals surface area contributed by atoms with Gasteiger partial charge in [-0.15, -0.1) is 0 Å². The van der Waals surface area contributed by atoms with Gasteiger partial charge in [-0.3, -0.25) is 4.98 Å². The lowest BCUT2D eigenvalue weighted by atomic mass is 9.71. The van der Waals surface area contributed by atoms with Crippen molar-refractivity contribution in [2.75, 3.05) is 0 Å².